The first-order chi connectivity index (χ1) is 10.9. The molecular formula is C15H19F3N2O3. The summed E-state index contributed by atoms with van der Waals surface area (Å²) in [6.45, 7) is 1.90. The average Bonchev–Trinajstić information content (AvgIpc) is 2.52. The Morgan fingerprint density at radius 2 is 2.26 bits per heavy atom. The van der Waals surface area contributed by atoms with Crippen molar-refractivity contribution in [3.05, 3.63) is 24.0 Å². The number of carbonyl (C=O) groups excluding carboxylic acids is 1. The molecule has 8 heteroatoms. The second-order valence-electron chi connectivity index (χ2n) is 5.22. The minimum Gasteiger partial charge on any atom is -0.482 e. The maximum absolute atomic E-state index is 12.5. The molecule has 1 aromatic heterocycles. The highest BCUT2D eigenvalue weighted by molar-refractivity contribution is 5.95. The number of alkyl halides is 3. The fourth-order valence-corrected chi connectivity index (χ4v) is 2.47. The zero-order valence-electron chi connectivity index (χ0n) is 12.8. The van der Waals surface area contributed by atoms with Gasteiger partial charge in [-0.15, -0.1) is 0 Å². The van der Waals surface area contributed by atoms with Crippen molar-refractivity contribution in [2.24, 2.45) is 0 Å². The summed E-state index contributed by atoms with van der Waals surface area (Å²) in [7, 11) is 0. The van der Waals surface area contributed by atoms with Crippen LogP contribution in [0.3, 0.4) is 0 Å². The molecule has 0 radical (unpaired) electrons. The smallest absolute Gasteiger partial charge is 0.422 e. The van der Waals surface area contributed by atoms with Gasteiger partial charge in [0.05, 0.1) is 6.10 Å². The molecule has 2 heterocycles. The monoisotopic (exact) mass is 332 g/mol. The van der Waals surface area contributed by atoms with E-state index in [0.29, 0.717) is 19.7 Å². The van der Waals surface area contributed by atoms with Crippen molar-refractivity contribution >= 4 is 5.91 Å². The Balaban J connectivity index is 2.09. The van der Waals surface area contributed by atoms with Crippen molar-refractivity contribution in [2.75, 3.05) is 26.3 Å². The molecule has 1 fully saturated rings. The number of halogens is 3. The molecule has 1 amide bonds. The zero-order valence-corrected chi connectivity index (χ0v) is 12.8. The Morgan fingerprint density at radius 3 is 2.96 bits per heavy atom. The predicted octanol–water partition coefficient (Wildman–Crippen LogP) is 2.66. The molecule has 0 aliphatic carbocycles. The second-order valence-corrected chi connectivity index (χ2v) is 5.22. The fourth-order valence-electron chi connectivity index (χ4n) is 2.47. The molecule has 0 aromatic carbocycles. The number of hydrogen-bond donors (Lipinski definition) is 0. The van der Waals surface area contributed by atoms with Crippen LogP contribution < -0.4 is 4.74 Å². The average molecular weight is 332 g/mol. The van der Waals surface area contributed by atoms with E-state index in [-0.39, 0.29) is 17.5 Å². The molecule has 5 nitrogen and oxygen atoms in total. The van der Waals surface area contributed by atoms with Crippen LogP contribution >= 0.6 is 0 Å². The van der Waals surface area contributed by atoms with E-state index in [1.807, 2.05) is 6.92 Å². The fraction of sp³-hybridized carbons (Fsp3) is 0.600. The molecule has 1 aromatic rings. The summed E-state index contributed by atoms with van der Waals surface area (Å²) in [5.74, 6) is -0.597. The Labute approximate surface area is 132 Å². The van der Waals surface area contributed by atoms with Gasteiger partial charge in [0.1, 0.15) is 0 Å². The van der Waals surface area contributed by atoms with Gasteiger partial charge >= 0.3 is 6.18 Å². The molecule has 23 heavy (non-hydrogen) atoms. The minimum absolute atomic E-state index is 0.0547. The lowest BCUT2D eigenvalue weighted by molar-refractivity contribution is -0.153. The number of amides is 1. The molecule has 1 atom stereocenters. The summed E-state index contributed by atoms with van der Waals surface area (Å²) in [4.78, 5) is 18.0. The first-order valence-corrected chi connectivity index (χ1v) is 7.46. The number of rotatable bonds is 5. The first-order valence-electron chi connectivity index (χ1n) is 7.46. The Kier molecular flexibility index (Phi) is 5.81. The van der Waals surface area contributed by atoms with Crippen LogP contribution in [0.4, 0.5) is 13.2 Å². The van der Waals surface area contributed by atoms with Crippen molar-refractivity contribution in [3.8, 4) is 5.75 Å². The van der Waals surface area contributed by atoms with E-state index in [1.54, 1.807) is 4.90 Å². The third kappa shape index (κ3) is 5.09. The molecule has 1 aliphatic heterocycles. The summed E-state index contributed by atoms with van der Waals surface area (Å²) in [5, 5.41) is 0. The van der Waals surface area contributed by atoms with Crippen LogP contribution in [0.25, 0.3) is 0 Å². The van der Waals surface area contributed by atoms with Crippen LogP contribution in [-0.2, 0) is 4.74 Å². The molecule has 1 aliphatic rings. The van der Waals surface area contributed by atoms with E-state index in [9.17, 15) is 18.0 Å². The van der Waals surface area contributed by atoms with Crippen molar-refractivity contribution in [2.45, 2.75) is 32.0 Å². The number of aromatic nitrogens is 1. The Morgan fingerprint density at radius 1 is 1.48 bits per heavy atom. The van der Waals surface area contributed by atoms with E-state index in [4.69, 9.17) is 9.47 Å². The zero-order chi connectivity index (χ0) is 16.9. The minimum atomic E-state index is -4.47. The molecule has 0 unspecified atom stereocenters. The summed E-state index contributed by atoms with van der Waals surface area (Å²) >= 11 is 0. The number of pyridine rings is 1. The number of hydrogen-bond acceptors (Lipinski definition) is 4. The lowest BCUT2D eigenvalue weighted by atomic mass is 10.1. The summed E-state index contributed by atoms with van der Waals surface area (Å²) in [5.41, 5.74) is -0.103. The highest BCUT2D eigenvalue weighted by Gasteiger charge is 2.31. The van der Waals surface area contributed by atoms with Gasteiger partial charge in [0.15, 0.2) is 18.1 Å². The molecule has 0 saturated carbocycles. The van der Waals surface area contributed by atoms with Crippen LogP contribution in [-0.4, -0.2) is 54.4 Å². The van der Waals surface area contributed by atoms with Gasteiger partial charge in [0, 0.05) is 25.9 Å². The third-order valence-corrected chi connectivity index (χ3v) is 3.43. The van der Waals surface area contributed by atoms with Crippen LogP contribution in [0.1, 0.15) is 30.3 Å². The van der Waals surface area contributed by atoms with Crippen LogP contribution in [0.2, 0.25) is 0 Å². The summed E-state index contributed by atoms with van der Waals surface area (Å²) < 4.78 is 47.2. The SMILES string of the molecule is CCO[C@H]1CCCN(C(=O)c2ncccc2OCC(F)(F)F)C1. The maximum atomic E-state index is 12.5. The number of nitrogens with zero attached hydrogens (tertiary/aromatic N) is 2. The number of likely N-dealkylation sites (tertiary alicyclic amines) is 1. The van der Waals surface area contributed by atoms with Crippen molar-refractivity contribution in [3.63, 3.8) is 0 Å². The highest BCUT2D eigenvalue weighted by atomic mass is 19.4. The second kappa shape index (κ2) is 7.63. The third-order valence-electron chi connectivity index (χ3n) is 3.43. The molecule has 0 N–H and O–H groups in total. The predicted molar refractivity (Wildman–Crippen MR) is 76.3 cm³/mol. The Bertz CT molecular complexity index is 535. The number of ether oxygens (including phenoxy) is 2. The normalized spacial score (nSPS) is 18.8. The summed E-state index contributed by atoms with van der Waals surface area (Å²) in [6.07, 6.45) is -1.53. The van der Waals surface area contributed by atoms with E-state index in [1.165, 1.54) is 18.3 Å². The van der Waals surface area contributed by atoms with Crippen LogP contribution in [0.5, 0.6) is 5.75 Å². The highest BCUT2D eigenvalue weighted by Crippen LogP contribution is 2.23. The van der Waals surface area contributed by atoms with Gasteiger partial charge in [-0.1, -0.05) is 0 Å². The van der Waals surface area contributed by atoms with Crippen molar-refractivity contribution in [1.82, 2.24) is 9.88 Å². The van der Waals surface area contributed by atoms with E-state index in [2.05, 4.69) is 4.98 Å². The van der Waals surface area contributed by atoms with Gasteiger partial charge in [-0.05, 0) is 31.9 Å². The van der Waals surface area contributed by atoms with Gasteiger partial charge < -0.3 is 14.4 Å². The van der Waals surface area contributed by atoms with Gasteiger partial charge in [0.2, 0.25) is 0 Å². The van der Waals surface area contributed by atoms with Crippen molar-refractivity contribution in [1.29, 1.82) is 0 Å². The molecule has 128 valence electrons. The van der Waals surface area contributed by atoms with E-state index >= 15 is 0 Å². The first kappa shape index (κ1) is 17.5. The van der Waals surface area contributed by atoms with Gasteiger partial charge in [0.25, 0.3) is 5.91 Å². The number of piperidine rings is 1. The molecular weight excluding hydrogens is 313 g/mol. The van der Waals surface area contributed by atoms with E-state index < -0.39 is 18.7 Å². The maximum Gasteiger partial charge on any atom is 0.422 e. The van der Waals surface area contributed by atoms with Gasteiger partial charge in [-0.3, -0.25) is 4.79 Å². The van der Waals surface area contributed by atoms with Gasteiger partial charge in [-0.2, -0.15) is 13.2 Å². The van der Waals surface area contributed by atoms with Crippen LogP contribution in [0, 0.1) is 0 Å². The molecule has 1 saturated heterocycles. The quantitative estimate of drug-likeness (QED) is 0.832. The molecule has 0 bridgehead atoms. The van der Waals surface area contributed by atoms with Crippen LogP contribution in [0.15, 0.2) is 18.3 Å². The lowest BCUT2D eigenvalue weighted by Gasteiger charge is -2.32. The standard InChI is InChI=1S/C15H19F3N2O3/c1-2-22-11-5-4-8-20(9-11)14(21)13-12(6-3-7-19-13)23-10-15(16,17)18/h3,6-7,11H,2,4-5,8-10H2,1H3/t11-/m0/s1. The lowest BCUT2D eigenvalue weighted by Crippen LogP contribution is -2.43. The topological polar surface area (TPSA) is 51.7 Å². The summed E-state index contributed by atoms with van der Waals surface area (Å²) in [6, 6.07) is 2.75. The molecule has 2 rings (SSSR count). The largest absolute Gasteiger partial charge is 0.482 e. The van der Waals surface area contributed by atoms with Gasteiger partial charge in [-0.25, -0.2) is 4.98 Å². The number of carbonyl (C=O) groups is 1. The Hall–Kier alpha value is -1.83. The molecule has 0 spiro atoms. The van der Waals surface area contributed by atoms with E-state index in [0.717, 1.165) is 12.8 Å². The van der Waals surface area contributed by atoms with Crippen molar-refractivity contribution < 1.29 is 27.4 Å².